The summed E-state index contributed by atoms with van der Waals surface area (Å²) >= 11 is 5.89. The lowest BCUT2D eigenvalue weighted by atomic mass is 10.1. The van der Waals surface area contributed by atoms with Crippen LogP contribution in [0.3, 0.4) is 0 Å². The number of piperidine rings is 1. The number of aliphatic hydroxyl groups is 1. The van der Waals surface area contributed by atoms with Gasteiger partial charge in [0.25, 0.3) is 0 Å². The second kappa shape index (κ2) is 8.25. The van der Waals surface area contributed by atoms with E-state index in [0.29, 0.717) is 31.3 Å². The maximum atomic E-state index is 11.9. The maximum Gasteiger partial charge on any atom is 0.317 e. The summed E-state index contributed by atoms with van der Waals surface area (Å²) < 4.78 is 5.67. The van der Waals surface area contributed by atoms with Crippen LogP contribution in [0.4, 0.5) is 4.79 Å². The van der Waals surface area contributed by atoms with Crippen LogP contribution in [0.25, 0.3) is 0 Å². The fraction of sp³-hybridized carbons (Fsp3) is 0.562. The minimum Gasteiger partial charge on any atom is -0.493 e. The number of benzene rings is 1. The summed E-state index contributed by atoms with van der Waals surface area (Å²) in [6.45, 7) is 4.17. The molecule has 1 heterocycles. The molecule has 2 rings (SSSR count). The molecule has 2 N–H and O–H groups in total. The van der Waals surface area contributed by atoms with E-state index in [2.05, 4.69) is 5.32 Å². The van der Waals surface area contributed by atoms with Crippen LogP contribution in [0.15, 0.2) is 18.2 Å². The monoisotopic (exact) mass is 326 g/mol. The van der Waals surface area contributed by atoms with E-state index in [1.807, 2.05) is 19.1 Å². The van der Waals surface area contributed by atoms with Crippen molar-refractivity contribution in [1.29, 1.82) is 0 Å². The number of likely N-dealkylation sites (tertiary alicyclic amines) is 1. The zero-order valence-corrected chi connectivity index (χ0v) is 13.6. The van der Waals surface area contributed by atoms with E-state index in [9.17, 15) is 9.90 Å². The molecule has 0 spiro atoms. The van der Waals surface area contributed by atoms with Gasteiger partial charge in [-0.25, -0.2) is 4.79 Å². The first kappa shape index (κ1) is 16.9. The lowest BCUT2D eigenvalue weighted by Gasteiger charge is -2.30. The summed E-state index contributed by atoms with van der Waals surface area (Å²) in [7, 11) is 0. The Morgan fingerprint density at radius 2 is 2.36 bits per heavy atom. The quantitative estimate of drug-likeness (QED) is 0.818. The molecule has 22 heavy (non-hydrogen) atoms. The highest BCUT2D eigenvalue weighted by atomic mass is 35.5. The minimum absolute atomic E-state index is 0.110. The van der Waals surface area contributed by atoms with E-state index >= 15 is 0 Å². The van der Waals surface area contributed by atoms with Gasteiger partial charge >= 0.3 is 6.03 Å². The molecule has 2 amide bonds. The highest BCUT2D eigenvalue weighted by Crippen LogP contribution is 2.21. The first-order chi connectivity index (χ1) is 10.6. The van der Waals surface area contributed by atoms with Gasteiger partial charge in [0.2, 0.25) is 0 Å². The van der Waals surface area contributed by atoms with Crippen LogP contribution in [0.5, 0.6) is 5.75 Å². The minimum atomic E-state index is -0.393. The Morgan fingerprint density at radius 3 is 3.09 bits per heavy atom. The number of nitrogens with zero attached hydrogens (tertiary/aromatic N) is 1. The van der Waals surface area contributed by atoms with Crippen molar-refractivity contribution in [3.8, 4) is 5.75 Å². The molecule has 0 radical (unpaired) electrons. The topological polar surface area (TPSA) is 61.8 Å². The van der Waals surface area contributed by atoms with Gasteiger partial charge in [-0.1, -0.05) is 11.6 Å². The molecule has 122 valence electrons. The summed E-state index contributed by atoms with van der Waals surface area (Å²) in [5.41, 5.74) is 0.999. The van der Waals surface area contributed by atoms with Gasteiger partial charge in [0, 0.05) is 24.7 Å². The fourth-order valence-corrected chi connectivity index (χ4v) is 2.70. The van der Waals surface area contributed by atoms with Gasteiger partial charge in [-0.2, -0.15) is 0 Å². The summed E-state index contributed by atoms with van der Waals surface area (Å²) in [6, 6.07) is 5.40. The molecular formula is C16H23ClN2O3. The summed E-state index contributed by atoms with van der Waals surface area (Å²) in [5.74, 6) is 0.815. The van der Waals surface area contributed by atoms with Crippen molar-refractivity contribution in [1.82, 2.24) is 10.2 Å². The number of aliphatic hydroxyl groups excluding tert-OH is 1. The molecule has 1 aliphatic heterocycles. The number of urea groups is 1. The molecule has 0 aromatic heterocycles. The molecule has 0 saturated carbocycles. The number of hydrogen-bond acceptors (Lipinski definition) is 3. The van der Waals surface area contributed by atoms with Crippen LogP contribution in [-0.2, 0) is 0 Å². The predicted molar refractivity (Wildman–Crippen MR) is 86.5 cm³/mol. The Hall–Kier alpha value is -1.46. The third-order valence-electron chi connectivity index (χ3n) is 3.68. The first-order valence-corrected chi connectivity index (χ1v) is 8.04. The number of aryl methyl sites for hydroxylation is 1. The Balaban J connectivity index is 1.63. The molecular weight excluding hydrogens is 304 g/mol. The third kappa shape index (κ3) is 5.07. The summed E-state index contributed by atoms with van der Waals surface area (Å²) in [5, 5.41) is 13.1. The Morgan fingerprint density at radius 1 is 1.55 bits per heavy atom. The van der Waals surface area contributed by atoms with Crippen LogP contribution in [0.1, 0.15) is 24.8 Å². The smallest absolute Gasteiger partial charge is 0.317 e. The second-order valence-corrected chi connectivity index (χ2v) is 6.02. The van der Waals surface area contributed by atoms with Crippen molar-refractivity contribution in [2.24, 2.45) is 0 Å². The Kier molecular flexibility index (Phi) is 6.34. The number of hydrogen-bond donors (Lipinski definition) is 2. The molecule has 1 saturated heterocycles. The van der Waals surface area contributed by atoms with E-state index in [4.69, 9.17) is 16.3 Å². The average Bonchev–Trinajstić information content (AvgIpc) is 2.48. The molecule has 6 heteroatoms. The standard InChI is InChI=1S/C16H23ClN2O3/c1-12-10-13(17)5-6-15(12)22-9-3-7-18-16(21)19-8-2-4-14(20)11-19/h5-6,10,14,20H,2-4,7-9,11H2,1H3,(H,18,21). The molecule has 0 bridgehead atoms. The van der Waals surface area contributed by atoms with Crippen LogP contribution in [0, 0.1) is 6.92 Å². The molecule has 5 nitrogen and oxygen atoms in total. The molecule has 1 aromatic rings. The highest BCUT2D eigenvalue weighted by Gasteiger charge is 2.21. The van der Waals surface area contributed by atoms with Gasteiger partial charge in [-0.05, 0) is 49.9 Å². The number of rotatable bonds is 5. The van der Waals surface area contributed by atoms with Gasteiger partial charge in [0.1, 0.15) is 5.75 Å². The largest absolute Gasteiger partial charge is 0.493 e. The normalized spacial score (nSPS) is 18.1. The lowest BCUT2D eigenvalue weighted by Crippen LogP contribution is -2.47. The van der Waals surface area contributed by atoms with Gasteiger partial charge in [-0.15, -0.1) is 0 Å². The van der Waals surface area contributed by atoms with Crippen molar-refractivity contribution >= 4 is 17.6 Å². The number of β-amino-alcohol motifs (C(OH)–C–C–N with tert-alkyl or cyclic N) is 1. The van der Waals surface area contributed by atoms with Gasteiger partial charge < -0.3 is 20.1 Å². The van der Waals surface area contributed by atoms with Crippen molar-refractivity contribution in [2.45, 2.75) is 32.3 Å². The molecule has 1 atom stereocenters. The number of ether oxygens (including phenoxy) is 1. The zero-order chi connectivity index (χ0) is 15.9. The average molecular weight is 327 g/mol. The van der Waals surface area contributed by atoms with Crippen LogP contribution < -0.4 is 10.1 Å². The fourth-order valence-electron chi connectivity index (χ4n) is 2.48. The van der Waals surface area contributed by atoms with Crippen molar-refractivity contribution in [3.05, 3.63) is 28.8 Å². The van der Waals surface area contributed by atoms with Crippen molar-refractivity contribution < 1.29 is 14.6 Å². The Labute approximate surface area is 136 Å². The SMILES string of the molecule is Cc1cc(Cl)ccc1OCCCNC(=O)N1CCCC(O)C1. The van der Waals surface area contributed by atoms with Gasteiger partial charge in [-0.3, -0.25) is 0 Å². The van der Waals surface area contributed by atoms with E-state index < -0.39 is 6.10 Å². The second-order valence-electron chi connectivity index (χ2n) is 5.59. The van der Waals surface area contributed by atoms with Crippen molar-refractivity contribution in [3.63, 3.8) is 0 Å². The van der Waals surface area contributed by atoms with Gasteiger partial charge in [0.05, 0.1) is 12.7 Å². The number of amides is 2. The van der Waals surface area contributed by atoms with E-state index in [0.717, 1.165) is 30.6 Å². The highest BCUT2D eigenvalue weighted by molar-refractivity contribution is 6.30. The molecule has 1 unspecified atom stereocenters. The third-order valence-corrected chi connectivity index (χ3v) is 3.91. The number of nitrogens with one attached hydrogen (secondary N) is 1. The van der Waals surface area contributed by atoms with Crippen LogP contribution in [0.2, 0.25) is 5.02 Å². The molecule has 0 aliphatic carbocycles. The number of carbonyl (C=O) groups excluding carboxylic acids is 1. The predicted octanol–water partition coefficient (Wildman–Crippen LogP) is 2.58. The summed E-state index contributed by atoms with van der Waals surface area (Å²) in [6.07, 6.45) is 1.96. The van der Waals surface area contributed by atoms with E-state index in [1.165, 1.54) is 0 Å². The molecule has 1 fully saturated rings. The van der Waals surface area contributed by atoms with Crippen molar-refractivity contribution in [2.75, 3.05) is 26.2 Å². The Bertz CT molecular complexity index is 510. The van der Waals surface area contributed by atoms with Crippen LogP contribution >= 0.6 is 11.6 Å². The van der Waals surface area contributed by atoms with E-state index in [-0.39, 0.29) is 6.03 Å². The van der Waals surface area contributed by atoms with E-state index in [1.54, 1.807) is 11.0 Å². The van der Waals surface area contributed by atoms with Gasteiger partial charge in [0.15, 0.2) is 0 Å². The first-order valence-electron chi connectivity index (χ1n) is 7.66. The lowest BCUT2D eigenvalue weighted by molar-refractivity contribution is 0.0842. The zero-order valence-electron chi connectivity index (χ0n) is 12.8. The van der Waals surface area contributed by atoms with Crippen LogP contribution in [-0.4, -0.2) is 48.4 Å². The maximum absolute atomic E-state index is 11.9. The number of carbonyl (C=O) groups is 1. The molecule has 1 aliphatic rings. The summed E-state index contributed by atoms with van der Waals surface area (Å²) in [4.78, 5) is 13.6. The molecule has 1 aromatic carbocycles. The number of halogens is 1.